The second-order valence-corrected chi connectivity index (χ2v) is 6.18. The number of aryl methyl sites for hydroxylation is 1. The average molecular weight is 261 g/mol. The minimum Gasteiger partial charge on any atom is -0.398 e. The smallest absolute Gasteiger partial charge is 0.182 e. The molecule has 0 saturated carbocycles. The summed E-state index contributed by atoms with van der Waals surface area (Å²) in [7, 11) is -3.35. The minimum atomic E-state index is -3.35. The molecule has 0 heterocycles. The summed E-state index contributed by atoms with van der Waals surface area (Å²) in [6, 6.07) is 14.0. The normalized spacial score (nSPS) is 11.4. The van der Waals surface area contributed by atoms with Crippen LogP contribution in [0.5, 0.6) is 0 Å². The minimum absolute atomic E-state index is 0.0650. The van der Waals surface area contributed by atoms with Crippen molar-refractivity contribution >= 4 is 15.5 Å². The zero-order valence-corrected chi connectivity index (χ0v) is 10.9. The van der Waals surface area contributed by atoms with E-state index < -0.39 is 9.84 Å². The molecule has 2 aromatic carbocycles. The summed E-state index contributed by atoms with van der Waals surface area (Å²) in [5, 5.41) is 0. The molecule has 0 aliphatic carbocycles. The fourth-order valence-electron chi connectivity index (χ4n) is 1.85. The van der Waals surface area contributed by atoms with Crippen LogP contribution in [0, 0.1) is 6.92 Å². The molecule has 0 aliphatic heterocycles. The maximum Gasteiger partial charge on any atom is 0.182 e. The van der Waals surface area contributed by atoms with E-state index in [0.29, 0.717) is 16.1 Å². The lowest BCUT2D eigenvalue weighted by atomic mass is 10.2. The Morgan fingerprint density at radius 3 is 2.28 bits per heavy atom. The van der Waals surface area contributed by atoms with Gasteiger partial charge in [-0.25, -0.2) is 8.42 Å². The van der Waals surface area contributed by atoms with Gasteiger partial charge in [0.2, 0.25) is 0 Å². The molecule has 2 aromatic rings. The van der Waals surface area contributed by atoms with Crippen molar-refractivity contribution in [3.63, 3.8) is 0 Å². The van der Waals surface area contributed by atoms with Crippen LogP contribution in [0.25, 0.3) is 0 Å². The number of hydrogen-bond donors (Lipinski definition) is 1. The highest BCUT2D eigenvalue weighted by Crippen LogP contribution is 2.22. The van der Waals surface area contributed by atoms with Crippen LogP contribution in [-0.4, -0.2) is 8.42 Å². The van der Waals surface area contributed by atoms with E-state index in [1.165, 1.54) is 0 Å². The standard InChI is InChI=1S/C14H15NO2S/c1-11-6-2-5-9-14(11)18(16,17)10-12-7-3-4-8-13(12)15/h2-9H,10,15H2,1H3. The second-order valence-electron chi connectivity index (χ2n) is 4.22. The molecule has 0 spiro atoms. The number of benzene rings is 2. The van der Waals surface area contributed by atoms with Crippen molar-refractivity contribution in [1.82, 2.24) is 0 Å². The summed E-state index contributed by atoms with van der Waals surface area (Å²) in [6.07, 6.45) is 0. The molecule has 0 amide bonds. The van der Waals surface area contributed by atoms with Gasteiger partial charge in [-0.15, -0.1) is 0 Å². The SMILES string of the molecule is Cc1ccccc1S(=O)(=O)Cc1ccccc1N. The molecular formula is C14H15NO2S. The van der Waals surface area contributed by atoms with Crippen molar-refractivity contribution < 1.29 is 8.42 Å². The van der Waals surface area contributed by atoms with Crippen LogP contribution >= 0.6 is 0 Å². The summed E-state index contributed by atoms with van der Waals surface area (Å²) in [5.41, 5.74) is 7.68. The van der Waals surface area contributed by atoms with Gasteiger partial charge in [0.25, 0.3) is 0 Å². The summed E-state index contributed by atoms with van der Waals surface area (Å²) in [5.74, 6) is -0.0650. The van der Waals surface area contributed by atoms with Crippen LogP contribution in [0.3, 0.4) is 0 Å². The molecule has 0 atom stereocenters. The first-order valence-corrected chi connectivity index (χ1v) is 7.28. The Bertz CT molecular complexity index is 663. The molecule has 18 heavy (non-hydrogen) atoms. The molecular weight excluding hydrogens is 246 g/mol. The first kappa shape index (κ1) is 12.6. The largest absolute Gasteiger partial charge is 0.398 e. The molecule has 3 nitrogen and oxygen atoms in total. The predicted octanol–water partition coefficient (Wildman–Crippen LogP) is 2.55. The van der Waals surface area contributed by atoms with E-state index in [1.54, 1.807) is 49.4 Å². The van der Waals surface area contributed by atoms with Gasteiger partial charge >= 0.3 is 0 Å². The maximum atomic E-state index is 12.3. The van der Waals surface area contributed by atoms with Crippen LogP contribution in [0.1, 0.15) is 11.1 Å². The van der Waals surface area contributed by atoms with Crippen LogP contribution in [-0.2, 0) is 15.6 Å². The highest BCUT2D eigenvalue weighted by Gasteiger charge is 2.18. The van der Waals surface area contributed by atoms with Gasteiger partial charge in [-0.1, -0.05) is 36.4 Å². The Morgan fingerprint density at radius 1 is 1.00 bits per heavy atom. The lowest BCUT2D eigenvalue weighted by Crippen LogP contribution is -2.08. The molecule has 0 aliphatic rings. The number of sulfone groups is 1. The first-order valence-electron chi connectivity index (χ1n) is 5.62. The predicted molar refractivity (Wildman–Crippen MR) is 72.9 cm³/mol. The Labute approximate surface area is 107 Å². The molecule has 2 rings (SSSR count). The summed E-state index contributed by atoms with van der Waals surface area (Å²) < 4.78 is 24.6. The van der Waals surface area contributed by atoms with E-state index in [-0.39, 0.29) is 5.75 Å². The van der Waals surface area contributed by atoms with Gasteiger partial charge in [0.15, 0.2) is 9.84 Å². The zero-order valence-electron chi connectivity index (χ0n) is 10.1. The fraction of sp³-hybridized carbons (Fsp3) is 0.143. The van der Waals surface area contributed by atoms with E-state index in [1.807, 2.05) is 6.07 Å². The molecule has 4 heteroatoms. The fourth-order valence-corrected chi connectivity index (χ4v) is 3.53. The van der Waals surface area contributed by atoms with Crippen molar-refractivity contribution in [2.75, 3.05) is 5.73 Å². The molecule has 94 valence electrons. The Kier molecular flexibility index (Phi) is 3.39. The molecule has 0 aromatic heterocycles. The third kappa shape index (κ3) is 2.54. The quantitative estimate of drug-likeness (QED) is 0.864. The van der Waals surface area contributed by atoms with E-state index >= 15 is 0 Å². The van der Waals surface area contributed by atoms with Gasteiger partial charge in [-0.05, 0) is 30.2 Å². The van der Waals surface area contributed by atoms with Crippen molar-refractivity contribution in [2.24, 2.45) is 0 Å². The highest BCUT2D eigenvalue weighted by atomic mass is 32.2. The van der Waals surface area contributed by atoms with Gasteiger partial charge in [0, 0.05) is 5.69 Å². The number of rotatable bonds is 3. The number of anilines is 1. The van der Waals surface area contributed by atoms with E-state index in [0.717, 1.165) is 5.56 Å². The van der Waals surface area contributed by atoms with Gasteiger partial charge in [-0.3, -0.25) is 0 Å². The highest BCUT2D eigenvalue weighted by molar-refractivity contribution is 7.90. The summed E-state index contributed by atoms with van der Waals surface area (Å²) in [6.45, 7) is 1.79. The lowest BCUT2D eigenvalue weighted by Gasteiger charge is -2.09. The molecule has 0 fully saturated rings. The summed E-state index contributed by atoms with van der Waals surface area (Å²) >= 11 is 0. The molecule has 0 saturated heterocycles. The van der Waals surface area contributed by atoms with Crippen molar-refractivity contribution in [3.05, 3.63) is 59.7 Å². The Hall–Kier alpha value is -1.81. The first-order chi connectivity index (χ1) is 8.50. The molecule has 0 radical (unpaired) electrons. The second kappa shape index (κ2) is 4.82. The molecule has 0 unspecified atom stereocenters. The van der Waals surface area contributed by atoms with Gasteiger partial charge in [0.05, 0.1) is 10.6 Å². The zero-order chi connectivity index (χ0) is 13.2. The summed E-state index contributed by atoms with van der Waals surface area (Å²) in [4.78, 5) is 0.369. The van der Waals surface area contributed by atoms with Crippen LogP contribution in [0.2, 0.25) is 0 Å². The third-order valence-corrected chi connectivity index (χ3v) is 4.65. The Balaban J connectivity index is 2.40. The van der Waals surface area contributed by atoms with E-state index in [4.69, 9.17) is 5.73 Å². The van der Waals surface area contributed by atoms with Crippen molar-refractivity contribution in [2.45, 2.75) is 17.6 Å². The monoisotopic (exact) mass is 261 g/mol. The van der Waals surface area contributed by atoms with E-state index in [9.17, 15) is 8.42 Å². The van der Waals surface area contributed by atoms with Crippen LogP contribution in [0.4, 0.5) is 5.69 Å². The average Bonchev–Trinajstić information content (AvgIpc) is 2.32. The third-order valence-electron chi connectivity index (χ3n) is 2.83. The molecule has 2 N–H and O–H groups in total. The number of hydrogen-bond acceptors (Lipinski definition) is 3. The van der Waals surface area contributed by atoms with Crippen molar-refractivity contribution in [1.29, 1.82) is 0 Å². The van der Waals surface area contributed by atoms with Gasteiger partial charge in [0.1, 0.15) is 0 Å². The van der Waals surface area contributed by atoms with Crippen LogP contribution in [0.15, 0.2) is 53.4 Å². The van der Waals surface area contributed by atoms with Crippen molar-refractivity contribution in [3.8, 4) is 0 Å². The number of nitrogens with two attached hydrogens (primary N) is 1. The van der Waals surface area contributed by atoms with Gasteiger partial charge in [-0.2, -0.15) is 0 Å². The van der Waals surface area contributed by atoms with Gasteiger partial charge < -0.3 is 5.73 Å². The molecule has 0 bridgehead atoms. The lowest BCUT2D eigenvalue weighted by molar-refractivity contribution is 0.594. The topological polar surface area (TPSA) is 60.2 Å². The Morgan fingerprint density at radius 2 is 1.61 bits per heavy atom. The maximum absolute atomic E-state index is 12.3. The number of nitrogen functional groups attached to an aromatic ring is 1. The number of para-hydroxylation sites is 1. The van der Waals surface area contributed by atoms with E-state index in [2.05, 4.69) is 0 Å². The van der Waals surface area contributed by atoms with Crippen LogP contribution < -0.4 is 5.73 Å².